The third-order valence-corrected chi connectivity index (χ3v) is 8.00. The van der Waals surface area contributed by atoms with E-state index in [4.69, 9.17) is 9.47 Å². The van der Waals surface area contributed by atoms with Gasteiger partial charge in [-0.15, -0.1) is 0 Å². The number of rotatable bonds is 9. The van der Waals surface area contributed by atoms with Crippen molar-refractivity contribution in [1.29, 1.82) is 0 Å². The number of aliphatic hydroxyl groups is 1. The van der Waals surface area contributed by atoms with Crippen LogP contribution in [0.15, 0.2) is 121 Å². The number of ether oxygens (including phenoxy) is 2. The van der Waals surface area contributed by atoms with Crippen molar-refractivity contribution in [3.8, 4) is 0 Å². The predicted molar refractivity (Wildman–Crippen MR) is 156 cm³/mol. The SMILES string of the molecule is COC1CCN(Cc2ccccc2)C(C(C)(C)OC(c2ccccc2)(c2ccccc2)c2ccccc2)C1O. The van der Waals surface area contributed by atoms with Gasteiger partial charge in [0, 0.05) is 20.2 Å². The van der Waals surface area contributed by atoms with Crippen molar-refractivity contribution in [2.45, 2.75) is 56.3 Å². The number of piperidine rings is 1. The first kappa shape index (κ1) is 27.3. The predicted octanol–water partition coefficient (Wildman–Crippen LogP) is 6.42. The lowest BCUT2D eigenvalue weighted by molar-refractivity contribution is -0.197. The van der Waals surface area contributed by atoms with Gasteiger partial charge in [0.25, 0.3) is 0 Å². The van der Waals surface area contributed by atoms with Gasteiger partial charge in [0.1, 0.15) is 5.60 Å². The number of aliphatic hydroxyl groups excluding tert-OH is 1. The molecular weight excluding hydrogens is 482 g/mol. The van der Waals surface area contributed by atoms with E-state index >= 15 is 0 Å². The van der Waals surface area contributed by atoms with Crippen LogP contribution in [0.4, 0.5) is 0 Å². The number of hydrogen-bond acceptors (Lipinski definition) is 4. The molecule has 0 saturated carbocycles. The molecule has 4 aromatic rings. The third-order valence-electron chi connectivity index (χ3n) is 8.00. The van der Waals surface area contributed by atoms with Gasteiger partial charge >= 0.3 is 0 Å². The zero-order valence-electron chi connectivity index (χ0n) is 23.1. The third kappa shape index (κ3) is 5.57. The standard InChI is InChI=1S/C35H39NO3/c1-34(2,33-32(37)31(38-3)24-25-36(33)26-27-16-8-4-9-17-27)39-35(28-18-10-5-11-19-28,29-20-12-6-13-21-29)30-22-14-7-15-23-30/h4-23,31-33,37H,24-26H2,1-3H3. The number of methoxy groups -OCH3 is 1. The molecule has 0 aromatic heterocycles. The largest absolute Gasteiger partial charge is 0.389 e. The normalized spacial score (nSPS) is 20.6. The van der Waals surface area contributed by atoms with Crippen molar-refractivity contribution in [1.82, 2.24) is 4.90 Å². The Morgan fingerprint density at radius 1 is 0.718 bits per heavy atom. The van der Waals surface area contributed by atoms with Crippen LogP contribution in [0.25, 0.3) is 0 Å². The molecule has 0 spiro atoms. The monoisotopic (exact) mass is 521 g/mol. The zero-order chi connectivity index (χ0) is 27.3. The molecule has 0 radical (unpaired) electrons. The first-order chi connectivity index (χ1) is 19.0. The first-order valence-electron chi connectivity index (χ1n) is 13.8. The van der Waals surface area contributed by atoms with Gasteiger partial charge in [0.15, 0.2) is 0 Å². The van der Waals surface area contributed by atoms with Gasteiger partial charge in [0.2, 0.25) is 0 Å². The van der Waals surface area contributed by atoms with E-state index in [1.54, 1.807) is 7.11 Å². The molecule has 1 aliphatic rings. The van der Waals surface area contributed by atoms with Crippen LogP contribution in [0.1, 0.15) is 42.5 Å². The Bertz CT molecular complexity index is 1200. The quantitative estimate of drug-likeness (QED) is 0.258. The maximum Gasteiger partial charge on any atom is 0.144 e. The van der Waals surface area contributed by atoms with E-state index in [0.29, 0.717) is 0 Å². The van der Waals surface area contributed by atoms with Crippen LogP contribution >= 0.6 is 0 Å². The number of hydrogen-bond donors (Lipinski definition) is 1. The van der Waals surface area contributed by atoms with Crippen molar-refractivity contribution in [3.05, 3.63) is 144 Å². The Morgan fingerprint density at radius 3 is 1.59 bits per heavy atom. The van der Waals surface area contributed by atoms with Gasteiger partial charge in [-0.25, -0.2) is 0 Å². The number of benzene rings is 4. The summed E-state index contributed by atoms with van der Waals surface area (Å²) in [6.45, 7) is 5.75. The molecular formula is C35H39NO3. The molecule has 4 nitrogen and oxygen atoms in total. The highest BCUT2D eigenvalue weighted by Gasteiger charge is 2.51. The van der Waals surface area contributed by atoms with Crippen LogP contribution < -0.4 is 0 Å². The lowest BCUT2D eigenvalue weighted by Crippen LogP contribution is -2.65. The second-order valence-corrected chi connectivity index (χ2v) is 10.9. The topological polar surface area (TPSA) is 41.9 Å². The molecule has 0 amide bonds. The molecule has 5 rings (SSSR count). The Hall–Kier alpha value is -3.28. The number of likely N-dealkylation sites (tertiary alicyclic amines) is 1. The van der Waals surface area contributed by atoms with E-state index in [0.717, 1.165) is 36.2 Å². The smallest absolute Gasteiger partial charge is 0.144 e. The molecule has 202 valence electrons. The van der Waals surface area contributed by atoms with Gasteiger partial charge in [-0.05, 0) is 42.5 Å². The summed E-state index contributed by atoms with van der Waals surface area (Å²) in [5.41, 5.74) is 2.65. The fourth-order valence-corrected chi connectivity index (χ4v) is 6.28. The summed E-state index contributed by atoms with van der Waals surface area (Å²) in [5.74, 6) is 0. The highest BCUT2D eigenvalue weighted by Crippen LogP contribution is 2.45. The molecule has 4 heteroatoms. The summed E-state index contributed by atoms with van der Waals surface area (Å²) >= 11 is 0. The summed E-state index contributed by atoms with van der Waals surface area (Å²) < 4.78 is 13.3. The van der Waals surface area contributed by atoms with Gasteiger partial charge < -0.3 is 14.6 Å². The van der Waals surface area contributed by atoms with E-state index < -0.39 is 17.3 Å². The van der Waals surface area contributed by atoms with E-state index in [1.165, 1.54) is 5.56 Å². The summed E-state index contributed by atoms with van der Waals surface area (Å²) in [6.07, 6.45) is -0.217. The first-order valence-corrected chi connectivity index (χ1v) is 13.8. The summed E-state index contributed by atoms with van der Waals surface area (Å²) in [6, 6.07) is 41.4. The molecule has 4 aromatic carbocycles. The van der Waals surface area contributed by atoms with Gasteiger partial charge in [0.05, 0.1) is 23.9 Å². The number of nitrogens with zero attached hydrogens (tertiary/aromatic N) is 1. The van der Waals surface area contributed by atoms with Crippen LogP contribution in [-0.4, -0.2) is 47.5 Å². The molecule has 1 heterocycles. The average Bonchev–Trinajstić information content (AvgIpc) is 2.98. The fraction of sp³-hybridized carbons (Fsp3) is 0.314. The van der Waals surface area contributed by atoms with Crippen molar-refractivity contribution < 1.29 is 14.6 Å². The van der Waals surface area contributed by atoms with E-state index in [1.807, 2.05) is 24.3 Å². The highest BCUT2D eigenvalue weighted by molar-refractivity contribution is 5.47. The molecule has 1 fully saturated rings. The molecule has 0 bridgehead atoms. The van der Waals surface area contributed by atoms with E-state index in [-0.39, 0.29) is 12.1 Å². The van der Waals surface area contributed by atoms with E-state index in [9.17, 15) is 5.11 Å². The fourth-order valence-electron chi connectivity index (χ4n) is 6.28. The van der Waals surface area contributed by atoms with Gasteiger partial charge in [-0.3, -0.25) is 4.90 Å². The maximum atomic E-state index is 11.8. The zero-order valence-corrected chi connectivity index (χ0v) is 23.1. The lowest BCUT2D eigenvalue weighted by Gasteiger charge is -2.52. The summed E-state index contributed by atoms with van der Waals surface area (Å²) in [4.78, 5) is 2.36. The molecule has 0 aliphatic carbocycles. The Kier molecular flexibility index (Phi) is 8.29. The molecule has 39 heavy (non-hydrogen) atoms. The maximum absolute atomic E-state index is 11.8. The van der Waals surface area contributed by atoms with Gasteiger partial charge in [-0.2, -0.15) is 0 Å². The second-order valence-electron chi connectivity index (χ2n) is 10.9. The molecule has 1 saturated heterocycles. The second kappa shape index (κ2) is 11.8. The van der Waals surface area contributed by atoms with Crippen molar-refractivity contribution in [3.63, 3.8) is 0 Å². The van der Waals surface area contributed by atoms with Crippen LogP contribution in [0, 0.1) is 0 Å². The molecule has 3 unspecified atom stereocenters. The van der Waals surface area contributed by atoms with Crippen LogP contribution in [0.2, 0.25) is 0 Å². The minimum Gasteiger partial charge on any atom is -0.389 e. The van der Waals surface area contributed by atoms with Crippen LogP contribution in [0.3, 0.4) is 0 Å². The van der Waals surface area contributed by atoms with Crippen molar-refractivity contribution >= 4 is 0 Å². The minimum absolute atomic E-state index is 0.260. The highest BCUT2D eigenvalue weighted by atomic mass is 16.5. The lowest BCUT2D eigenvalue weighted by atomic mass is 9.77. The summed E-state index contributed by atoms with van der Waals surface area (Å²) in [5, 5.41) is 11.8. The Morgan fingerprint density at radius 2 is 1.15 bits per heavy atom. The Balaban J connectivity index is 1.65. The molecule has 1 N–H and O–H groups in total. The van der Waals surface area contributed by atoms with E-state index in [2.05, 4.69) is 116 Å². The van der Waals surface area contributed by atoms with Crippen molar-refractivity contribution in [2.75, 3.05) is 13.7 Å². The van der Waals surface area contributed by atoms with Crippen LogP contribution in [-0.2, 0) is 21.6 Å². The van der Waals surface area contributed by atoms with Crippen LogP contribution in [0.5, 0.6) is 0 Å². The molecule has 3 atom stereocenters. The Labute approximate surface area is 232 Å². The average molecular weight is 522 g/mol. The minimum atomic E-state index is -0.897. The van der Waals surface area contributed by atoms with Crippen molar-refractivity contribution in [2.24, 2.45) is 0 Å². The summed E-state index contributed by atoms with van der Waals surface area (Å²) in [7, 11) is 1.69. The van der Waals surface area contributed by atoms with Gasteiger partial charge in [-0.1, -0.05) is 121 Å². The molecule has 1 aliphatic heterocycles.